The van der Waals surface area contributed by atoms with Crippen LogP contribution in [-0.4, -0.2) is 42.9 Å². The quantitative estimate of drug-likeness (QED) is 0.554. The maximum atomic E-state index is 12.6. The second-order valence-corrected chi connectivity index (χ2v) is 9.46. The van der Waals surface area contributed by atoms with Gasteiger partial charge in [0.15, 0.2) is 0 Å². The number of aliphatic hydroxyl groups is 1. The van der Waals surface area contributed by atoms with E-state index in [0.29, 0.717) is 0 Å². The predicted octanol–water partition coefficient (Wildman–Crippen LogP) is 5.75. The van der Waals surface area contributed by atoms with Gasteiger partial charge in [0.25, 0.3) is 0 Å². The summed E-state index contributed by atoms with van der Waals surface area (Å²) in [4.78, 5) is 2.47. The Morgan fingerprint density at radius 3 is 2.23 bits per heavy atom. The minimum Gasteiger partial charge on any atom is -0.384 e. The van der Waals surface area contributed by atoms with Crippen molar-refractivity contribution >= 4 is 28.3 Å². The molecule has 0 amide bonds. The van der Waals surface area contributed by atoms with Crippen molar-refractivity contribution < 1.29 is 9.84 Å². The van der Waals surface area contributed by atoms with E-state index in [0.717, 1.165) is 55.7 Å². The number of nitrogens with zero attached hydrogens (tertiary/aromatic N) is 1. The molecular formula is C25H33BrClNO2. The lowest BCUT2D eigenvalue weighted by molar-refractivity contribution is -0.0758. The Balaban J connectivity index is 0.00000256. The molecule has 1 heterocycles. The largest absolute Gasteiger partial charge is 0.384 e. The lowest BCUT2D eigenvalue weighted by atomic mass is 9.65. The zero-order chi connectivity index (χ0) is 20.1. The Labute approximate surface area is 195 Å². The monoisotopic (exact) mass is 493 g/mol. The molecule has 1 saturated carbocycles. The van der Waals surface area contributed by atoms with Gasteiger partial charge in [0.2, 0.25) is 0 Å². The van der Waals surface area contributed by atoms with Crippen LogP contribution in [0.15, 0.2) is 59.1 Å². The Morgan fingerprint density at radius 2 is 1.60 bits per heavy atom. The fourth-order valence-corrected chi connectivity index (χ4v) is 5.47. The van der Waals surface area contributed by atoms with E-state index in [-0.39, 0.29) is 24.2 Å². The molecule has 2 fully saturated rings. The highest BCUT2D eigenvalue weighted by atomic mass is 79.9. The van der Waals surface area contributed by atoms with Gasteiger partial charge in [-0.1, -0.05) is 77.7 Å². The summed E-state index contributed by atoms with van der Waals surface area (Å²) in [7, 11) is 0. The molecule has 2 atom stereocenters. The van der Waals surface area contributed by atoms with E-state index in [4.69, 9.17) is 4.74 Å². The van der Waals surface area contributed by atoms with Crippen molar-refractivity contribution in [1.82, 2.24) is 4.90 Å². The van der Waals surface area contributed by atoms with E-state index < -0.39 is 5.60 Å². The van der Waals surface area contributed by atoms with Gasteiger partial charge >= 0.3 is 0 Å². The SMILES string of the molecule is Cl.OC(c1ccc(Br)cc1)(C1CCCCC1)C(CN1CCOCC1)c1ccccc1. The Bertz CT molecular complexity index is 760. The van der Waals surface area contributed by atoms with Crippen molar-refractivity contribution in [2.75, 3.05) is 32.8 Å². The summed E-state index contributed by atoms with van der Waals surface area (Å²) in [5.74, 6) is 0.315. The molecule has 0 aromatic heterocycles. The molecule has 0 radical (unpaired) electrons. The van der Waals surface area contributed by atoms with Gasteiger partial charge < -0.3 is 9.84 Å². The standard InChI is InChI=1S/C25H32BrNO2.ClH/c26-23-13-11-22(12-14-23)25(28,21-9-5-2-6-10-21)24(20-7-3-1-4-8-20)19-27-15-17-29-18-16-27;/h1,3-4,7-8,11-14,21,24,28H,2,5-6,9-10,15-19H2;1H. The van der Waals surface area contributed by atoms with Gasteiger partial charge in [-0.3, -0.25) is 4.90 Å². The van der Waals surface area contributed by atoms with Gasteiger partial charge in [0.05, 0.1) is 13.2 Å². The van der Waals surface area contributed by atoms with Gasteiger partial charge in [0.1, 0.15) is 5.60 Å². The molecule has 2 aromatic rings. The molecule has 2 aliphatic rings. The van der Waals surface area contributed by atoms with Crippen molar-refractivity contribution in [2.24, 2.45) is 5.92 Å². The summed E-state index contributed by atoms with van der Waals surface area (Å²) >= 11 is 3.57. The van der Waals surface area contributed by atoms with Crippen molar-refractivity contribution in [3.63, 3.8) is 0 Å². The molecule has 4 rings (SSSR count). The number of benzene rings is 2. The van der Waals surface area contributed by atoms with Gasteiger partial charge in [-0.25, -0.2) is 0 Å². The third-order valence-corrected chi connectivity index (χ3v) is 7.34. The summed E-state index contributed by atoms with van der Waals surface area (Å²) < 4.78 is 6.63. The minimum absolute atomic E-state index is 0. The first-order valence-corrected chi connectivity index (χ1v) is 11.8. The van der Waals surface area contributed by atoms with Crippen LogP contribution in [-0.2, 0) is 10.3 Å². The van der Waals surface area contributed by atoms with Crippen LogP contribution >= 0.6 is 28.3 Å². The van der Waals surface area contributed by atoms with Crippen LogP contribution in [0, 0.1) is 5.92 Å². The van der Waals surface area contributed by atoms with E-state index in [1.165, 1.54) is 24.8 Å². The summed E-state index contributed by atoms with van der Waals surface area (Å²) in [5, 5.41) is 12.6. The lowest BCUT2D eigenvalue weighted by Crippen LogP contribution is -2.48. The highest BCUT2D eigenvalue weighted by Gasteiger charge is 2.46. The molecule has 1 aliphatic carbocycles. The van der Waals surface area contributed by atoms with Gasteiger partial charge in [-0.15, -0.1) is 12.4 Å². The second-order valence-electron chi connectivity index (χ2n) is 8.54. The number of hydrogen-bond acceptors (Lipinski definition) is 3. The average Bonchev–Trinajstić information content (AvgIpc) is 2.79. The number of hydrogen-bond donors (Lipinski definition) is 1. The zero-order valence-corrected chi connectivity index (χ0v) is 19.9. The van der Waals surface area contributed by atoms with Crippen LogP contribution < -0.4 is 0 Å². The molecule has 0 bridgehead atoms. The van der Waals surface area contributed by atoms with Crippen molar-refractivity contribution in [3.05, 3.63) is 70.2 Å². The minimum atomic E-state index is -0.874. The average molecular weight is 495 g/mol. The molecule has 0 spiro atoms. The van der Waals surface area contributed by atoms with Crippen LogP contribution in [0.5, 0.6) is 0 Å². The summed E-state index contributed by atoms with van der Waals surface area (Å²) in [6.07, 6.45) is 5.90. The molecule has 1 aliphatic heterocycles. The molecule has 5 heteroatoms. The number of morpholine rings is 1. The van der Waals surface area contributed by atoms with E-state index in [9.17, 15) is 5.11 Å². The van der Waals surface area contributed by atoms with Crippen LogP contribution in [0.2, 0.25) is 0 Å². The van der Waals surface area contributed by atoms with Crippen LogP contribution in [0.3, 0.4) is 0 Å². The molecule has 1 saturated heterocycles. The first-order chi connectivity index (χ1) is 14.2. The molecule has 1 N–H and O–H groups in total. The van der Waals surface area contributed by atoms with Crippen molar-refractivity contribution in [2.45, 2.75) is 43.6 Å². The Morgan fingerprint density at radius 1 is 0.967 bits per heavy atom. The predicted molar refractivity (Wildman–Crippen MR) is 128 cm³/mol. The Kier molecular flexibility index (Phi) is 8.79. The second kappa shape index (κ2) is 11.1. The van der Waals surface area contributed by atoms with Gasteiger partial charge in [-0.2, -0.15) is 0 Å². The number of halogens is 2. The molecule has 2 aromatic carbocycles. The summed E-state index contributed by atoms with van der Waals surface area (Å²) in [5.41, 5.74) is 1.41. The van der Waals surface area contributed by atoms with Crippen LogP contribution in [0.1, 0.15) is 49.1 Å². The van der Waals surface area contributed by atoms with Gasteiger partial charge in [-0.05, 0) is 42.0 Å². The molecular weight excluding hydrogens is 462 g/mol. The third kappa shape index (κ3) is 5.28. The van der Waals surface area contributed by atoms with E-state index >= 15 is 0 Å². The number of ether oxygens (including phenoxy) is 1. The lowest BCUT2D eigenvalue weighted by Gasteiger charge is -2.46. The van der Waals surface area contributed by atoms with Gasteiger partial charge in [0, 0.05) is 30.0 Å². The molecule has 3 nitrogen and oxygen atoms in total. The van der Waals surface area contributed by atoms with E-state index in [1.807, 2.05) is 0 Å². The first kappa shape index (κ1) is 23.7. The normalized spacial score (nSPS) is 21.4. The van der Waals surface area contributed by atoms with Crippen molar-refractivity contribution in [3.8, 4) is 0 Å². The number of rotatable bonds is 6. The molecule has 164 valence electrons. The zero-order valence-electron chi connectivity index (χ0n) is 17.5. The maximum Gasteiger partial charge on any atom is 0.100 e. The highest BCUT2D eigenvalue weighted by Crippen LogP contribution is 2.48. The van der Waals surface area contributed by atoms with Crippen LogP contribution in [0.25, 0.3) is 0 Å². The maximum absolute atomic E-state index is 12.6. The summed E-state index contributed by atoms with van der Waals surface area (Å²) in [6.45, 7) is 4.29. The van der Waals surface area contributed by atoms with E-state index in [2.05, 4.69) is 75.4 Å². The topological polar surface area (TPSA) is 32.7 Å². The smallest absolute Gasteiger partial charge is 0.100 e. The van der Waals surface area contributed by atoms with Crippen molar-refractivity contribution in [1.29, 1.82) is 0 Å². The van der Waals surface area contributed by atoms with Crippen LogP contribution in [0.4, 0.5) is 0 Å². The molecule has 30 heavy (non-hydrogen) atoms. The Hall–Kier alpha value is -0.910. The fraction of sp³-hybridized carbons (Fsp3) is 0.520. The molecule has 2 unspecified atom stereocenters. The summed E-state index contributed by atoms with van der Waals surface area (Å²) in [6, 6.07) is 19.0. The van der Waals surface area contributed by atoms with E-state index in [1.54, 1.807) is 0 Å². The first-order valence-electron chi connectivity index (χ1n) is 11.0. The highest BCUT2D eigenvalue weighted by molar-refractivity contribution is 9.10. The third-order valence-electron chi connectivity index (χ3n) is 6.81. The fourth-order valence-electron chi connectivity index (χ4n) is 5.21.